The Morgan fingerprint density at radius 2 is 1.87 bits per heavy atom. The van der Waals surface area contributed by atoms with Gasteiger partial charge in [-0.05, 0) is 43.7 Å². The van der Waals surface area contributed by atoms with Crippen molar-refractivity contribution in [2.24, 2.45) is 11.3 Å². The van der Waals surface area contributed by atoms with Crippen molar-refractivity contribution >= 4 is 40.0 Å². The zero-order chi connectivity index (χ0) is 32.1. The summed E-state index contributed by atoms with van der Waals surface area (Å²) < 4.78 is 33.0. The lowest BCUT2D eigenvalue weighted by Crippen LogP contribution is -2.62. The summed E-state index contributed by atoms with van der Waals surface area (Å²) in [6.07, 6.45) is 2.75. The number of halogens is 2. The predicted octanol–water partition coefficient (Wildman–Crippen LogP) is 4.71. The second kappa shape index (κ2) is 11.4. The van der Waals surface area contributed by atoms with Gasteiger partial charge in [-0.3, -0.25) is 29.6 Å². The van der Waals surface area contributed by atoms with E-state index in [1.54, 1.807) is 4.90 Å². The van der Waals surface area contributed by atoms with E-state index in [9.17, 15) is 23.2 Å². The van der Waals surface area contributed by atoms with Gasteiger partial charge in [0.05, 0.1) is 18.9 Å². The fourth-order valence-corrected chi connectivity index (χ4v) is 5.83. The van der Waals surface area contributed by atoms with Crippen molar-refractivity contribution in [3.8, 4) is 28.7 Å². The van der Waals surface area contributed by atoms with Crippen molar-refractivity contribution < 1.29 is 27.9 Å². The number of rotatable bonds is 6. The molecule has 0 bridgehead atoms. The number of methoxy groups -OCH3 is 1. The zero-order valence-electron chi connectivity index (χ0n) is 25.2. The van der Waals surface area contributed by atoms with Gasteiger partial charge >= 0.3 is 0 Å². The highest BCUT2D eigenvalue weighted by atomic mass is 32.1. The highest BCUT2D eigenvalue weighted by Crippen LogP contribution is 2.48. The van der Waals surface area contributed by atoms with Crippen molar-refractivity contribution in [2.45, 2.75) is 58.4 Å². The Kier molecular flexibility index (Phi) is 7.76. The van der Waals surface area contributed by atoms with E-state index in [2.05, 4.69) is 37.3 Å². The van der Waals surface area contributed by atoms with Crippen LogP contribution in [0.2, 0.25) is 0 Å². The first kappa shape index (κ1) is 30.5. The molecule has 1 spiro atoms. The normalized spacial score (nSPS) is 17.3. The molecular formula is C31H31F2N7O4S. The Morgan fingerprint density at radius 1 is 1.11 bits per heavy atom. The Balaban J connectivity index is 1.37. The fourth-order valence-electron chi connectivity index (χ4n) is 5.23. The highest BCUT2D eigenvalue weighted by molar-refractivity contribution is 7.15. The molecule has 1 aliphatic heterocycles. The summed E-state index contributed by atoms with van der Waals surface area (Å²) in [6.45, 7) is 5.93. The Morgan fingerprint density at radius 3 is 2.51 bits per heavy atom. The number of amides is 3. The van der Waals surface area contributed by atoms with E-state index >= 15 is 0 Å². The minimum Gasteiger partial charge on any atom is -0.494 e. The number of hydrogen-bond donors (Lipinski definition) is 1. The first-order valence-electron chi connectivity index (χ1n) is 14.5. The van der Waals surface area contributed by atoms with Crippen LogP contribution in [0.3, 0.4) is 0 Å². The molecule has 0 radical (unpaired) electrons. The first-order valence-corrected chi connectivity index (χ1v) is 15.4. The largest absolute Gasteiger partial charge is 0.494 e. The lowest BCUT2D eigenvalue weighted by molar-refractivity contribution is -0.149. The molecule has 11 nitrogen and oxygen atoms in total. The number of alkyl halides is 2. The number of ether oxygens (including phenoxy) is 1. The van der Waals surface area contributed by atoms with Crippen LogP contribution in [0.15, 0.2) is 24.5 Å². The van der Waals surface area contributed by atoms with Crippen LogP contribution in [0.1, 0.15) is 73.9 Å². The van der Waals surface area contributed by atoms with Crippen LogP contribution in [-0.2, 0) is 9.59 Å². The molecule has 3 aliphatic rings. The average molecular weight is 636 g/mol. The van der Waals surface area contributed by atoms with E-state index in [1.807, 2.05) is 20.8 Å². The van der Waals surface area contributed by atoms with Crippen molar-refractivity contribution in [1.29, 1.82) is 0 Å². The topological polar surface area (TPSA) is 131 Å². The van der Waals surface area contributed by atoms with Crippen molar-refractivity contribution in [2.75, 3.05) is 30.4 Å². The van der Waals surface area contributed by atoms with Crippen LogP contribution >= 0.6 is 11.3 Å². The molecule has 4 heterocycles. The van der Waals surface area contributed by atoms with Crippen LogP contribution in [0.4, 0.5) is 19.7 Å². The van der Waals surface area contributed by atoms with Gasteiger partial charge in [-0.25, -0.2) is 13.8 Å². The van der Waals surface area contributed by atoms with E-state index in [0.29, 0.717) is 30.3 Å². The highest BCUT2D eigenvalue weighted by Gasteiger charge is 2.61. The number of carbonyl (C=O) groups excluding carboxylic acids is 3. The Bertz CT molecular complexity index is 1750. The summed E-state index contributed by atoms with van der Waals surface area (Å²) in [5.74, 6) is 5.79. The van der Waals surface area contributed by atoms with Gasteiger partial charge in [-0.1, -0.05) is 38.0 Å². The number of piperazine rings is 1. The van der Waals surface area contributed by atoms with Crippen molar-refractivity contribution in [1.82, 2.24) is 25.1 Å². The monoisotopic (exact) mass is 635 g/mol. The van der Waals surface area contributed by atoms with Gasteiger partial charge in [0, 0.05) is 41.7 Å². The Hall–Kier alpha value is -4.51. The summed E-state index contributed by atoms with van der Waals surface area (Å²) in [7, 11) is 1.36. The summed E-state index contributed by atoms with van der Waals surface area (Å²) in [6, 6.07) is 2.66. The van der Waals surface area contributed by atoms with E-state index in [-0.39, 0.29) is 51.7 Å². The maximum atomic E-state index is 13.9. The van der Waals surface area contributed by atoms with Gasteiger partial charge in [0.1, 0.15) is 22.8 Å². The molecule has 3 aromatic rings. The molecule has 3 amide bonds. The van der Waals surface area contributed by atoms with E-state index in [4.69, 9.17) is 4.74 Å². The number of nitrogens with one attached hydrogen (secondary N) is 1. The number of aromatic nitrogens is 4. The van der Waals surface area contributed by atoms with Crippen LogP contribution in [0.5, 0.6) is 5.75 Å². The maximum Gasteiger partial charge on any atom is 0.280 e. The number of carbonyl (C=O) groups is 3. The molecular weight excluding hydrogens is 604 g/mol. The molecule has 0 atom stereocenters. The van der Waals surface area contributed by atoms with E-state index < -0.39 is 29.0 Å². The van der Waals surface area contributed by atoms with Crippen LogP contribution in [0, 0.1) is 23.2 Å². The molecule has 14 heteroatoms. The van der Waals surface area contributed by atoms with Gasteiger partial charge in [0.15, 0.2) is 5.01 Å². The molecule has 3 aromatic heterocycles. The number of hydrogen-bond acceptors (Lipinski definition) is 9. The number of nitrogens with zero attached hydrogens (tertiary/aromatic N) is 6. The molecule has 2 aliphatic carbocycles. The standard InChI is InChI=1S/C31H31F2N7O4S/c1-30(2,3)27(42)40-12-11-39(28(43)31(40)9-10-31)23-14-18(19-13-21(25(32)33)34-16-22(19)44-4)20(15-35-23)26(41)36-29-38-37-24(45-29)8-7-17-5-6-17/h13-17,25H,5-6,9-12H2,1-4H3,(H,36,38,41). The average Bonchev–Trinajstić information content (AvgIpc) is 3.95. The first-order chi connectivity index (χ1) is 21.4. The van der Waals surface area contributed by atoms with Crippen molar-refractivity contribution in [3.05, 3.63) is 40.8 Å². The fraction of sp³-hybridized carbons (Fsp3) is 0.452. The third-order valence-electron chi connectivity index (χ3n) is 7.96. The van der Waals surface area contributed by atoms with E-state index in [0.717, 1.165) is 36.4 Å². The van der Waals surface area contributed by atoms with Crippen LogP contribution in [0.25, 0.3) is 11.1 Å². The predicted molar refractivity (Wildman–Crippen MR) is 162 cm³/mol. The lowest BCUT2D eigenvalue weighted by Gasteiger charge is -2.43. The molecule has 45 heavy (non-hydrogen) atoms. The molecule has 1 saturated heterocycles. The molecule has 3 fully saturated rings. The van der Waals surface area contributed by atoms with Gasteiger partial charge < -0.3 is 9.64 Å². The van der Waals surface area contributed by atoms with Gasteiger partial charge in [-0.15, -0.1) is 10.2 Å². The third-order valence-corrected chi connectivity index (χ3v) is 8.71. The van der Waals surface area contributed by atoms with Crippen LogP contribution < -0.4 is 15.0 Å². The number of anilines is 2. The number of pyridine rings is 2. The third kappa shape index (κ3) is 5.96. The molecule has 234 valence electrons. The van der Waals surface area contributed by atoms with Gasteiger partial charge in [-0.2, -0.15) is 0 Å². The van der Waals surface area contributed by atoms with Crippen molar-refractivity contribution in [3.63, 3.8) is 0 Å². The summed E-state index contributed by atoms with van der Waals surface area (Å²) in [5, 5.41) is 11.4. The van der Waals surface area contributed by atoms with E-state index in [1.165, 1.54) is 24.3 Å². The van der Waals surface area contributed by atoms with Gasteiger partial charge in [0.2, 0.25) is 11.0 Å². The zero-order valence-corrected chi connectivity index (χ0v) is 26.0. The molecule has 1 N–H and O–H groups in total. The summed E-state index contributed by atoms with van der Waals surface area (Å²) in [5.41, 5.74) is -1.73. The Labute approximate surface area is 262 Å². The quantitative estimate of drug-likeness (QED) is 0.386. The minimum absolute atomic E-state index is 0.0272. The molecule has 0 unspecified atom stereocenters. The SMILES string of the molecule is COc1cnc(C(F)F)cc1-c1cc(N2CCN(C(=O)C(C)(C)C)C3(CC3)C2=O)ncc1C(=O)Nc1nnc(C#CC2CC2)s1. The second-order valence-electron chi connectivity index (χ2n) is 12.3. The second-order valence-corrected chi connectivity index (χ2v) is 13.3. The lowest BCUT2D eigenvalue weighted by atomic mass is 9.92. The molecule has 2 saturated carbocycles. The molecule has 0 aromatic carbocycles. The van der Waals surface area contributed by atoms with Gasteiger partial charge in [0.25, 0.3) is 18.2 Å². The summed E-state index contributed by atoms with van der Waals surface area (Å²) >= 11 is 1.11. The summed E-state index contributed by atoms with van der Waals surface area (Å²) in [4.78, 5) is 52.1. The minimum atomic E-state index is -2.88. The smallest absolute Gasteiger partial charge is 0.280 e. The van der Waals surface area contributed by atoms with Crippen LogP contribution in [-0.4, -0.2) is 68.5 Å². The molecule has 6 rings (SSSR count). The maximum absolute atomic E-state index is 13.9.